The van der Waals surface area contributed by atoms with Gasteiger partial charge in [-0.25, -0.2) is 14.9 Å². The molecule has 2 aliphatic rings. The number of amides is 1. The van der Waals surface area contributed by atoms with Crippen LogP contribution in [0, 0.1) is 5.82 Å². The van der Waals surface area contributed by atoms with Crippen molar-refractivity contribution >= 4 is 5.91 Å². The van der Waals surface area contributed by atoms with Gasteiger partial charge in [-0.15, -0.1) is 0 Å². The standard InChI is InChI=1S/C24H34FN5O4/c1-16(30(20-8-9-20)24(31)22-12-26-19(14-33-2)15-34-22)21-13-29(11-3-10-27-32)23(28-21)17-4-6-18(25)7-5-17/h4-7,13,16,19-20,22,26-27,32H,3,8-12,14-15H2,1-2H3/t16-,19+,22-/m1/s1. The first-order valence-electron chi connectivity index (χ1n) is 11.9. The molecule has 0 bridgehead atoms. The molecule has 3 N–H and O–H groups in total. The number of rotatable bonds is 11. The van der Waals surface area contributed by atoms with Crippen molar-refractivity contribution in [2.45, 2.75) is 57.0 Å². The van der Waals surface area contributed by atoms with Crippen molar-refractivity contribution < 1.29 is 23.9 Å². The molecular formula is C24H34FN5O4. The number of carbonyl (C=O) groups excluding carboxylic acids is 1. The number of halogens is 1. The van der Waals surface area contributed by atoms with Gasteiger partial charge in [-0.1, -0.05) is 0 Å². The largest absolute Gasteiger partial charge is 0.383 e. The van der Waals surface area contributed by atoms with Crippen LogP contribution < -0.4 is 10.8 Å². The Bertz CT molecular complexity index is 941. The van der Waals surface area contributed by atoms with Crippen molar-refractivity contribution in [3.8, 4) is 11.4 Å². The van der Waals surface area contributed by atoms with E-state index in [1.807, 2.05) is 22.6 Å². The lowest BCUT2D eigenvalue weighted by Gasteiger charge is -2.35. The number of methoxy groups -OCH3 is 1. The van der Waals surface area contributed by atoms with Crippen LogP contribution >= 0.6 is 0 Å². The van der Waals surface area contributed by atoms with Gasteiger partial charge >= 0.3 is 0 Å². The Morgan fingerprint density at radius 3 is 2.79 bits per heavy atom. The summed E-state index contributed by atoms with van der Waals surface area (Å²) in [5.41, 5.74) is 3.75. The summed E-state index contributed by atoms with van der Waals surface area (Å²) in [7, 11) is 1.65. The number of ether oxygens (including phenoxy) is 2. The Hall–Kier alpha value is -2.37. The van der Waals surface area contributed by atoms with Crippen LogP contribution in [-0.2, 0) is 20.8 Å². The van der Waals surface area contributed by atoms with E-state index < -0.39 is 6.10 Å². The molecule has 186 valence electrons. The summed E-state index contributed by atoms with van der Waals surface area (Å²) in [5.74, 6) is 0.376. The van der Waals surface area contributed by atoms with Crippen LogP contribution in [0.1, 0.15) is 37.9 Å². The van der Waals surface area contributed by atoms with Crippen molar-refractivity contribution in [1.82, 2.24) is 25.2 Å². The molecule has 10 heteroatoms. The maximum atomic E-state index is 13.5. The predicted octanol–water partition coefficient (Wildman–Crippen LogP) is 2.11. The van der Waals surface area contributed by atoms with Crippen molar-refractivity contribution in [1.29, 1.82) is 0 Å². The fraction of sp³-hybridized carbons (Fsp3) is 0.583. The van der Waals surface area contributed by atoms with Crippen molar-refractivity contribution in [2.24, 2.45) is 0 Å². The van der Waals surface area contributed by atoms with Crippen molar-refractivity contribution in [3.63, 3.8) is 0 Å². The lowest BCUT2D eigenvalue weighted by molar-refractivity contribution is -0.150. The van der Waals surface area contributed by atoms with Gasteiger partial charge in [0.1, 0.15) is 17.7 Å². The van der Waals surface area contributed by atoms with Gasteiger partial charge in [0.25, 0.3) is 5.91 Å². The van der Waals surface area contributed by atoms with Gasteiger partial charge < -0.3 is 29.5 Å². The zero-order valence-electron chi connectivity index (χ0n) is 19.7. The molecule has 0 radical (unpaired) electrons. The minimum absolute atomic E-state index is 0.0271. The maximum absolute atomic E-state index is 13.5. The van der Waals surface area contributed by atoms with E-state index in [9.17, 15) is 9.18 Å². The molecule has 1 aliphatic carbocycles. The molecule has 4 rings (SSSR count). The molecule has 1 saturated carbocycles. The van der Waals surface area contributed by atoms with E-state index in [0.29, 0.717) is 45.1 Å². The van der Waals surface area contributed by atoms with Gasteiger partial charge in [-0.05, 0) is 50.5 Å². The highest BCUT2D eigenvalue weighted by molar-refractivity contribution is 5.82. The zero-order valence-corrected chi connectivity index (χ0v) is 19.7. The van der Waals surface area contributed by atoms with Gasteiger partial charge in [-0.2, -0.15) is 0 Å². The number of hydrogen-bond donors (Lipinski definition) is 3. The number of nitrogens with zero attached hydrogens (tertiary/aromatic N) is 3. The molecule has 1 aromatic carbocycles. The summed E-state index contributed by atoms with van der Waals surface area (Å²) >= 11 is 0. The summed E-state index contributed by atoms with van der Waals surface area (Å²) in [6.45, 7) is 4.48. The molecule has 3 atom stereocenters. The van der Waals surface area contributed by atoms with E-state index in [0.717, 1.165) is 24.1 Å². The normalized spacial score (nSPS) is 21.4. The van der Waals surface area contributed by atoms with Crippen molar-refractivity contribution in [3.05, 3.63) is 42.0 Å². The van der Waals surface area contributed by atoms with Gasteiger partial charge in [0.2, 0.25) is 0 Å². The third kappa shape index (κ3) is 5.81. The van der Waals surface area contributed by atoms with Crippen molar-refractivity contribution in [2.75, 3.05) is 33.4 Å². The first kappa shape index (κ1) is 24.7. The second kappa shape index (κ2) is 11.4. The molecule has 9 nitrogen and oxygen atoms in total. The molecule has 34 heavy (non-hydrogen) atoms. The summed E-state index contributed by atoms with van der Waals surface area (Å²) < 4.78 is 26.6. The average molecular weight is 476 g/mol. The van der Waals surface area contributed by atoms with E-state index in [1.165, 1.54) is 12.1 Å². The quantitative estimate of drug-likeness (QED) is 0.338. The van der Waals surface area contributed by atoms with Crippen LogP contribution in [-0.4, -0.2) is 77.2 Å². The Labute approximate surface area is 199 Å². The van der Waals surface area contributed by atoms with Crippen LogP contribution in [0.4, 0.5) is 4.39 Å². The number of hydrogen-bond acceptors (Lipinski definition) is 7. The molecule has 0 spiro atoms. The first-order valence-corrected chi connectivity index (χ1v) is 11.9. The van der Waals surface area contributed by atoms with Gasteiger partial charge in [0.05, 0.1) is 31.0 Å². The summed E-state index contributed by atoms with van der Waals surface area (Å²) in [5, 5.41) is 12.3. The molecule has 0 unspecified atom stereocenters. The number of carbonyl (C=O) groups is 1. The van der Waals surface area contributed by atoms with Crippen LogP contribution in [0.25, 0.3) is 11.4 Å². The maximum Gasteiger partial charge on any atom is 0.253 e. The van der Waals surface area contributed by atoms with E-state index >= 15 is 0 Å². The topological polar surface area (TPSA) is 101 Å². The highest BCUT2D eigenvalue weighted by atomic mass is 19.1. The van der Waals surface area contributed by atoms with E-state index in [1.54, 1.807) is 19.2 Å². The third-order valence-electron chi connectivity index (χ3n) is 6.36. The third-order valence-corrected chi connectivity index (χ3v) is 6.36. The SMILES string of the molecule is COC[C@H]1CO[C@@H](C(=O)N(C2CC2)[C@H](C)c2cn(CCCNO)c(-c3ccc(F)cc3)n2)CN1. The smallest absolute Gasteiger partial charge is 0.253 e. The predicted molar refractivity (Wildman–Crippen MR) is 124 cm³/mol. The minimum atomic E-state index is -0.537. The monoisotopic (exact) mass is 475 g/mol. The molecule has 1 saturated heterocycles. The summed E-state index contributed by atoms with van der Waals surface area (Å²) in [4.78, 5) is 20.3. The number of aromatic nitrogens is 2. The van der Waals surface area contributed by atoms with E-state index in [2.05, 4.69) is 10.8 Å². The number of hydroxylamine groups is 1. The zero-order chi connectivity index (χ0) is 24.1. The van der Waals surface area contributed by atoms with Gasteiger partial charge in [0, 0.05) is 44.5 Å². The minimum Gasteiger partial charge on any atom is -0.383 e. The molecule has 2 heterocycles. The number of nitrogens with one attached hydrogen (secondary N) is 2. The van der Waals surface area contributed by atoms with Crippen LogP contribution in [0.5, 0.6) is 0 Å². The van der Waals surface area contributed by atoms with Crippen LogP contribution in [0.2, 0.25) is 0 Å². The van der Waals surface area contributed by atoms with Crippen LogP contribution in [0.15, 0.2) is 30.5 Å². The summed E-state index contributed by atoms with van der Waals surface area (Å²) in [6.07, 6.45) is 4.04. The Kier molecular flexibility index (Phi) is 8.28. The number of aryl methyl sites for hydroxylation is 1. The Balaban J connectivity index is 1.54. The highest BCUT2D eigenvalue weighted by Crippen LogP contribution is 2.36. The molecule has 1 amide bonds. The van der Waals surface area contributed by atoms with E-state index in [-0.39, 0.29) is 29.8 Å². The second-order valence-corrected chi connectivity index (χ2v) is 8.99. The second-order valence-electron chi connectivity index (χ2n) is 8.99. The number of morpholine rings is 1. The fourth-order valence-electron chi connectivity index (χ4n) is 4.40. The van der Waals surface area contributed by atoms with E-state index in [4.69, 9.17) is 19.7 Å². The molecular weight excluding hydrogens is 441 g/mol. The Morgan fingerprint density at radius 2 is 2.18 bits per heavy atom. The lowest BCUT2D eigenvalue weighted by atomic mass is 10.1. The Morgan fingerprint density at radius 1 is 1.41 bits per heavy atom. The molecule has 1 aromatic heterocycles. The highest BCUT2D eigenvalue weighted by Gasteiger charge is 2.41. The van der Waals surface area contributed by atoms with Gasteiger partial charge in [0.15, 0.2) is 0 Å². The molecule has 1 aliphatic heterocycles. The molecule has 2 fully saturated rings. The fourth-order valence-corrected chi connectivity index (χ4v) is 4.40. The number of imidazole rings is 1. The lowest BCUT2D eigenvalue weighted by Crippen LogP contribution is -2.55. The van der Waals surface area contributed by atoms with Crippen LogP contribution in [0.3, 0.4) is 0 Å². The first-order chi connectivity index (χ1) is 16.5. The average Bonchev–Trinajstić information content (AvgIpc) is 3.58. The van der Waals surface area contributed by atoms with Gasteiger partial charge in [-0.3, -0.25) is 4.79 Å². The number of benzene rings is 1. The summed E-state index contributed by atoms with van der Waals surface area (Å²) in [6, 6.07) is 6.26. The molecule has 2 aromatic rings.